The van der Waals surface area contributed by atoms with Crippen molar-refractivity contribution in [3.63, 3.8) is 0 Å². The van der Waals surface area contributed by atoms with Gasteiger partial charge in [0.1, 0.15) is 12.4 Å². The van der Waals surface area contributed by atoms with Crippen molar-refractivity contribution < 1.29 is 14.5 Å². The first kappa shape index (κ1) is 12.2. The number of Topliss-reactive ketones (excluding diaryl/α,β-unsaturated/α-hetero) is 1. The van der Waals surface area contributed by atoms with Crippen LogP contribution in [0.2, 0.25) is 0 Å². The van der Waals surface area contributed by atoms with E-state index in [9.17, 15) is 14.9 Å². The molecule has 5 nitrogen and oxygen atoms in total. The summed E-state index contributed by atoms with van der Waals surface area (Å²) in [5.41, 5.74) is 0.00670. The summed E-state index contributed by atoms with van der Waals surface area (Å²) in [5, 5.41) is 10.4. The lowest BCUT2D eigenvalue weighted by molar-refractivity contribution is -0.384. The van der Waals surface area contributed by atoms with Crippen LogP contribution in [0.25, 0.3) is 0 Å². The zero-order valence-corrected chi connectivity index (χ0v) is 9.01. The van der Waals surface area contributed by atoms with Crippen molar-refractivity contribution in [1.29, 1.82) is 0 Å². The van der Waals surface area contributed by atoms with Crippen LogP contribution in [0.5, 0.6) is 5.75 Å². The zero-order valence-electron chi connectivity index (χ0n) is 9.01. The molecule has 1 aromatic rings. The topological polar surface area (TPSA) is 69.4 Å². The summed E-state index contributed by atoms with van der Waals surface area (Å²) < 4.78 is 5.18. The molecule has 0 aliphatic heterocycles. The first-order valence-corrected chi connectivity index (χ1v) is 5.02. The molecule has 0 atom stereocenters. The third-order valence-corrected chi connectivity index (χ3v) is 1.98. The Morgan fingerprint density at radius 3 is 2.50 bits per heavy atom. The highest BCUT2D eigenvalue weighted by molar-refractivity contribution is 5.79. The number of non-ortho nitro benzene ring substituents is 1. The molecule has 0 bridgehead atoms. The normalized spacial score (nSPS) is 9.81. The minimum Gasteiger partial charge on any atom is -0.486 e. The van der Waals surface area contributed by atoms with Crippen molar-refractivity contribution in [3.05, 3.63) is 34.4 Å². The van der Waals surface area contributed by atoms with Gasteiger partial charge in [0.15, 0.2) is 5.78 Å². The van der Waals surface area contributed by atoms with Gasteiger partial charge in [-0.1, -0.05) is 6.92 Å². The van der Waals surface area contributed by atoms with E-state index in [1.807, 2.05) is 6.92 Å². The summed E-state index contributed by atoms with van der Waals surface area (Å²) in [5.74, 6) is 0.496. The molecular formula is C11H13NO4. The lowest BCUT2D eigenvalue weighted by atomic mass is 10.2. The minimum atomic E-state index is -0.480. The molecule has 16 heavy (non-hydrogen) atoms. The van der Waals surface area contributed by atoms with E-state index >= 15 is 0 Å². The quantitative estimate of drug-likeness (QED) is 0.548. The molecule has 0 aliphatic rings. The number of carbonyl (C=O) groups is 1. The van der Waals surface area contributed by atoms with Gasteiger partial charge in [0, 0.05) is 18.6 Å². The first-order chi connectivity index (χ1) is 7.63. The molecule has 0 spiro atoms. The number of benzene rings is 1. The van der Waals surface area contributed by atoms with Crippen LogP contribution in [0.15, 0.2) is 24.3 Å². The molecule has 0 N–H and O–H groups in total. The van der Waals surface area contributed by atoms with E-state index in [-0.39, 0.29) is 18.1 Å². The first-order valence-electron chi connectivity index (χ1n) is 5.02. The monoisotopic (exact) mass is 223 g/mol. The zero-order chi connectivity index (χ0) is 12.0. The van der Waals surface area contributed by atoms with Crippen molar-refractivity contribution in [2.75, 3.05) is 6.61 Å². The van der Waals surface area contributed by atoms with Gasteiger partial charge in [-0.15, -0.1) is 0 Å². The lowest BCUT2D eigenvalue weighted by Crippen LogP contribution is -2.10. The summed E-state index contributed by atoms with van der Waals surface area (Å²) in [4.78, 5) is 21.1. The standard InChI is InChI=1S/C11H13NO4/c1-2-3-10(13)8-16-11-6-4-9(5-7-11)12(14)15/h4-7H,2-3,8H2,1H3. The van der Waals surface area contributed by atoms with E-state index in [0.717, 1.165) is 6.42 Å². The van der Waals surface area contributed by atoms with Gasteiger partial charge in [0.2, 0.25) is 0 Å². The van der Waals surface area contributed by atoms with Crippen LogP contribution < -0.4 is 4.74 Å². The Morgan fingerprint density at radius 2 is 2.00 bits per heavy atom. The largest absolute Gasteiger partial charge is 0.486 e. The molecule has 0 aromatic heterocycles. The van der Waals surface area contributed by atoms with Gasteiger partial charge in [-0.2, -0.15) is 0 Å². The summed E-state index contributed by atoms with van der Waals surface area (Å²) in [6, 6.07) is 5.66. The number of rotatable bonds is 6. The molecule has 5 heteroatoms. The van der Waals surface area contributed by atoms with Crippen molar-refractivity contribution in [2.24, 2.45) is 0 Å². The Labute approximate surface area is 93.2 Å². The van der Waals surface area contributed by atoms with E-state index < -0.39 is 4.92 Å². The number of carbonyl (C=O) groups excluding carboxylic acids is 1. The molecule has 0 amide bonds. The second kappa shape index (κ2) is 5.85. The van der Waals surface area contributed by atoms with Crippen LogP contribution in [-0.2, 0) is 4.79 Å². The van der Waals surface area contributed by atoms with Crippen LogP contribution in [-0.4, -0.2) is 17.3 Å². The molecule has 86 valence electrons. The van der Waals surface area contributed by atoms with E-state index in [1.54, 1.807) is 0 Å². The van der Waals surface area contributed by atoms with Gasteiger partial charge < -0.3 is 4.74 Å². The molecule has 0 radical (unpaired) electrons. The fourth-order valence-corrected chi connectivity index (χ4v) is 1.18. The molecular weight excluding hydrogens is 210 g/mol. The number of ether oxygens (including phenoxy) is 1. The molecule has 0 aliphatic carbocycles. The number of hydrogen-bond acceptors (Lipinski definition) is 4. The number of ketones is 1. The molecule has 1 rings (SSSR count). The summed E-state index contributed by atoms with van der Waals surface area (Å²) in [7, 11) is 0. The van der Waals surface area contributed by atoms with Gasteiger partial charge in [-0.25, -0.2) is 0 Å². The Morgan fingerprint density at radius 1 is 1.38 bits per heavy atom. The third-order valence-electron chi connectivity index (χ3n) is 1.98. The maximum atomic E-state index is 11.2. The highest BCUT2D eigenvalue weighted by Crippen LogP contribution is 2.17. The molecule has 0 saturated heterocycles. The Hall–Kier alpha value is -1.91. The lowest BCUT2D eigenvalue weighted by Gasteiger charge is -2.04. The number of hydrogen-bond donors (Lipinski definition) is 0. The minimum absolute atomic E-state index is 0.00670. The van der Waals surface area contributed by atoms with Crippen molar-refractivity contribution in [2.45, 2.75) is 19.8 Å². The van der Waals surface area contributed by atoms with Crippen molar-refractivity contribution in [3.8, 4) is 5.75 Å². The van der Waals surface area contributed by atoms with E-state index in [2.05, 4.69) is 0 Å². The van der Waals surface area contributed by atoms with Gasteiger partial charge in [-0.05, 0) is 18.6 Å². The predicted molar refractivity (Wildman–Crippen MR) is 58.5 cm³/mol. The molecule has 0 fully saturated rings. The highest BCUT2D eigenvalue weighted by atomic mass is 16.6. The fourth-order valence-electron chi connectivity index (χ4n) is 1.18. The maximum absolute atomic E-state index is 11.2. The predicted octanol–water partition coefficient (Wildman–Crippen LogP) is 2.34. The second-order valence-corrected chi connectivity index (χ2v) is 3.33. The number of nitrogens with zero attached hydrogens (tertiary/aromatic N) is 1. The van der Waals surface area contributed by atoms with Crippen molar-refractivity contribution >= 4 is 11.5 Å². The van der Waals surface area contributed by atoms with Gasteiger partial charge in [0.05, 0.1) is 4.92 Å². The van der Waals surface area contributed by atoms with Gasteiger partial charge in [-0.3, -0.25) is 14.9 Å². The average Bonchev–Trinajstić information content (AvgIpc) is 2.27. The maximum Gasteiger partial charge on any atom is 0.269 e. The van der Waals surface area contributed by atoms with Crippen LogP contribution in [0.4, 0.5) is 5.69 Å². The van der Waals surface area contributed by atoms with Crippen molar-refractivity contribution in [1.82, 2.24) is 0 Å². The van der Waals surface area contributed by atoms with Crippen LogP contribution >= 0.6 is 0 Å². The number of nitro benzene ring substituents is 1. The van der Waals surface area contributed by atoms with Gasteiger partial charge >= 0.3 is 0 Å². The third kappa shape index (κ3) is 3.68. The summed E-state index contributed by atoms with van der Waals surface area (Å²) >= 11 is 0. The summed E-state index contributed by atoms with van der Waals surface area (Å²) in [6.07, 6.45) is 1.29. The second-order valence-electron chi connectivity index (χ2n) is 3.33. The molecule has 1 aromatic carbocycles. The fraction of sp³-hybridized carbons (Fsp3) is 0.364. The number of nitro groups is 1. The highest BCUT2D eigenvalue weighted by Gasteiger charge is 2.05. The smallest absolute Gasteiger partial charge is 0.269 e. The Kier molecular flexibility index (Phi) is 4.44. The van der Waals surface area contributed by atoms with Crippen LogP contribution in [0.1, 0.15) is 19.8 Å². The average molecular weight is 223 g/mol. The van der Waals surface area contributed by atoms with Crippen LogP contribution in [0.3, 0.4) is 0 Å². The van der Waals surface area contributed by atoms with Gasteiger partial charge in [0.25, 0.3) is 5.69 Å². The molecule has 0 unspecified atom stereocenters. The van der Waals surface area contributed by atoms with E-state index in [1.165, 1.54) is 24.3 Å². The van der Waals surface area contributed by atoms with E-state index in [4.69, 9.17) is 4.74 Å². The summed E-state index contributed by atoms with van der Waals surface area (Å²) in [6.45, 7) is 1.94. The Bertz CT molecular complexity index is 372. The SMILES string of the molecule is CCCC(=O)COc1ccc([N+](=O)[O-])cc1. The van der Waals surface area contributed by atoms with E-state index in [0.29, 0.717) is 12.2 Å². The molecule has 0 saturated carbocycles. The molecule has 0 heterocycles. The Balaban J connectivity index is 2.49. The van der Waals surface area contributed by atoms with Crippen LogP contribution in [0, 0.1) is 10.1 Å².